The molecular formula is C16H21BN2O. The average molecular weight is 268 g/mol. The molecule has 4 heteroatoms. The van der Waals surface area contributed by atoms with Crippen molar-refractivity contribution in [2.75, 3.05) is 26.2 Å². The Morgan fingerprint density at radius 1 is 0.850 bits per heavy atom. The molecule has 0 unspecified atom stereocenters. The van der Waals surface area contributed by atoms with E-state index in [1.165, 1.54) is 10.9 Å². The van der Waals surface area contributed by atoms with Gasteiger partial charge in [-0.15, -0.1) is 0 Å². The minimum absolute atomic E-state index is 0.0166. The molecule has 0 amide bonds. The highest BCUT2D eigenvalue weighted by Gasteiger charge is 2.20. The Labute approximate surface area is 121 Å². The van der Waals surface area contributed by atoms with Gasteiger partial charge in [-0.3, -0.25) is 0 Å². The van der Waals surface area contributed by atoms with Crippen LogP contribution in [0.25, 0.3) is 0 Å². The van der Waals surface area contributed by atoms with E-state index in [0.717, 1.165) is 13.1 Å². The van der Waals surface area contributed by atoms with Crippen LogP contribution >= 0.6 is 0 Å². The largest absolute Gasteiger partial charge is 0.426 e. The molecule has 0 aliphatic rings. The van der Waals surface area contributed by atoms with Crippen LogP contribution in [-0.2, 0) is 4.65 Å². The summed E-state index contributed by atoms with van der Waals surface area (Å²) in [5.74, 6) is 0. The highest BCUT2D eigenvalue weighted by atomic mass is 16.4. The van der Waals surface area contributed by atoms with E-state index in [2.05, 4.69) is 29.6 Å². The van der Waals surface area contributed by atoms with Gasteiger partial charge in [0.2, 0.25) is 0 Å². The molecule has 0 atom stereocenters. The van der Waals surface area contributed by atoms with E-state index in [9.17, 15) is 0 Å². The molecule has 20 heavy (non-hydrogen) atoms. The molecule has 0 fully saturated rings. The summed E-state index contributed by atoms with van der Waals surface area (Å²) in [4.78, 5) is 0. The van der Waals surface area contributed by atoms with Crippen molar-refractivity contribution >= 4 is 17.8 Å². The minimum Gasteiger partial charge on any atom is -0.426 e. The summed E-state index contributed by atoms with van der Waals surface area (Å²) in [6.07, 6.45) is 0. The highest BCUT2D eigenvalue weighted by Crippen LogP contribution is 1.94. The van der Waals surface area contributed by atoms with E-state index in [-0.39, 0.29) is 6.92 Å². The Kier molecular flexibility index (Phi) is 6.31. The first kappa shape index (κ1) is 14.8. The van der Waals surface area contributed by atoms with Crippen LogP contribution < -0.4 is 22.0 Å². The Morgan fingerprint density at radius 2 is 1.40 bits per heavy atom. The highest BCUT2D eigenvalue weighted by molar-refractivity contribution is 6.80. The van der Waals surface area contributed by atoms with Crippen molar-refractivity contribution in [3.05, 3.63) is 60.7 Å². The normalized spacial score (nSPS) is 10.4. The molecule has 0 radical (unpaired) electrons. The first-order valence-electron chi connectivity index (χ1n) is 7.04. The van der Waals surface area contributed by atoms with Crippen LogP contribution in [0.15, 0.2) is 60.7 Å². The average Bonchev–Trinajstić information content (AvgIpc) is 2.53. The maximum Gasteiger partial charge on any atom is 0.361 e. The van der Waals surface area contributed by atoms with Gasteiger partial charge in [0.05, 0.1) is 0 Å². The second kappa shape index (κ2) is 8.53. The summed E-state index contributed by atoms with van der Waals surface area (Å²) in [6, 6.07) is 20.6. The van der Waals surface area contributed by atoms with Crippen molar-refractivity contribution < 1.29 is 4.65 Å². The molecule has 0 aliphatic carbocycles. The van der Waals surface area contributed by atoms with E-state index in [1.54, 1.807) is 0 Å². The van der Waals surface area contributed by atoms with Crippen LogP contribution in [0.1, 0.15) is 0 Å². The number of hydrogen-bond acceptors (Lipinski definition) is 3. The lowest BCUT2D eigenvalue weighted by Gasteiger charge is -2.15. The van der Waals surface area contributed by atoms with Crippen molar-refractivity contribution in [1.29, 1.82) is 0 Å². The third-order valence-corrected chi connectivity index (χ3v) is 3.09. The predicted octanol–water partition coefficient (Wildman–Crippen LogP) is 0.357. The first-order chi connectivity index (χ1) is 9.92. The van der Waals surface area contributed by atoms with E-state index in [0.29, 0.717) is 13.2 Å². The van der Waals surface area contributed by atoms with Crippen LogP contribution in [0.2, 0.25) is 0 Å². The molecule has 0 aromatic heterocycles. The molecule has 0 bridgehead atoms. The van der Waals surface area contributed by atoms with Gasteiger partial charge in [-0.05, 0) is 10.9 Å². The van der Waals surface area contributed by atoms with Crippen molar-refractivity contribution in [3.63, 3.8) is 0 Å². The second-order valence-electron chi connectivity index (χ2n) is 4.61. The number of rotatable bonds is 8. The van der Waals surface area contributed by atoms with Crippen molar-refractivity contribution in [3.8, 4) is 0 Å². The van der Waals surface area contributed by atoms with Crippen molar-refractivity contribution in [1.82, 2.24) is 5.32 Å². The second-order valence-corrected chi connectivity index (χ2v) is 4.61. The zero-order valence-corrected chi connectivity index (χ0v) is 11.7. The van der Waals surface area contributed by atoms with E-state index in [1.807, 2.05) is 36.4 Å². The van der Waals surface area contributed by atoms with Gasteiger partial charge < -0.3 is 15.7 Å². The Hall–Kier alpha value is -1.62. The molecule has 2 rings (SSSR count). The molecular weight excluding hydrogens is 247 g/mol. The molecule has 0 saturated heterocycles. The fourth-order valence-electron chi connectivity index (χ4n) is 2.12. The van der Waals surface area contributed by atoms with E-state index < -0.39 is 0 Å². The lowest BCUT2D eigenvalue weighted by atomic mass is 9.55. The summed E-state index contributed by atoms with van der Waals surface area (Å²) in [5, 5.41) is 3.24. The van der Waals surface area contributed by atoms with Crippen LogP contribution in [0.5, 0.6) is 0 Å². The van der Waals surface area contributed by atoms with Crippen molar-refractivity contribution in [2.45, 2.75) is 0 Å². The van der Waals surface area contributed by atoms with Gasteiger partial charge in [0.15, 0.2) is 0 Å². The number of nitrogens with two attached hydrogens (primary N) is 1. The molecule has 0 spiro atoms. The maximum atomic E-state index is 6.06. The predicted molar refractivity (Wildman–Crippen MR) is 85.8 cm³/mol. The third kappa shape index (κ3) is 4.49. The lowest BCUT2D eigenvalue weighted by Crippen LogP contribution is -2.46. The number of hydrogen-bond donors (Lipinski definition) is 2. The van der Waals surface area contributed by atoms with Crippen LogP contribution in [0.4, 0.5) is 0 Å². The fourth-order valence-corrected chi connectivity index (χ4v) is 2.12. The molecule has 0 heterocycles. The van der Waals surface area contributed by atoms with Gasteiger partial charge in [0, 0.05) is 26.2 Å². The number of nitrogens with one attached hydrogen (secondary N) is 1. The zero-order valence-electron chi connectivity index (χ0n) is 11.7. The molecule has 3 nitrogen and oxygen atoms in total. The van der Waals surface area contributed by atoms with Gasteiger partial charge in [-0.2, -0.15) is 0 Å². The maximum absolute atomic E-state index is 6.06. The first-order valence-corrected chi connectivity index (χ1v) is 7.04. The van der Waals surface area contributed by atoms with Crippen molar-refractivity contribution in [2.24, 2.45) is 5.73 Å². The zero-order chi connectivity index (χ0) is 14.0. The lowest BCUT2D eigenvalue weighted by molar-refractivity contribution is 0.329. The van der Waals surface area contributed by atoms with Crippen LogP contribution in [0, 0.1) is 0 Å². The molecule has 0 aliphatic heterocycles. The Morgan fingerprint density at radius 3 is 1.90 bits per heavy atom. The SMILES string of the molecule is NCCNCCOB(c1ccccc1)c1ccccc1. The van der Waals surface area contributed by atoms with Gasteiger partial charge >= 0.3 is 6.92 Å². The molecule has 2 aromatic carbocycles. The molecule has 3 N–H and O–H groups in total. The van der Waals surface area contributed by atoms with Crippen LogP contribution in [0.3, 0.4) is 0 Å². The van der Waals surface area contributed by atoms with E-state index >= 15 is 0 Å². The van der Waals surface area contributed by atoms with Gasteiger partial charge in [-0.1, -0.05) is 60.7 Å². The summed E-state index contributed by atoms with van der Waals surface area (Å²) >= 11 is 0. The third-order valence-electron chi connectivity index (χ3n) is 3.09. The summed E-state index contributed by atoms with van der Waals surface area (Å²) < 4.78 is 6.06. The summed E-state index contributed by atoms with van der Waals surface area (Å²) in [7, 11) is 0. The minimum atomic E-state index is -0.0166. The monoisotopic (exact) mass is 268 g/mol. The Balaban J connectivity index is 2.02. The smallest absolute Gasteiger partial charge is 0.361 e. The van der Waals surface area contributed by atoms with Crippen LogP contribution in [-0.4, -0.2) is 33.2 Å². The van der Waals surface area contributed by atoms with E-state index in [4.69, 9.17) is 10.4 Å². The molecule has 2 aromatic rings. The number of benzene rings is 2. The fraction of sp³-hybridized carbons (Fsp3) is 0.250. The quantitative estimate of drug-likeness (QED) is 0.537. The standard InChI is InChI=1S/C16H21BN2O/c18-11-12-19-13-14-20-17(15-7-3-1-4-8-15)16-9-5-2-6-10-16/h1-10,19H,11-14,18H2. The summed E-state index contributed by atoms with van der Waals surface area (Å²) in [6.45, 7) is 2.94. The molecule has 0 saturated carbocycles. The van der Waals surface area contributed by atoms with Gasteiger partial charge in [-0.25, -0.2) is 0 Å². The summed E-state index contributed by atoms with van der Waals surface area (Å²) in [5.41, 5.74) is 7.81. The topological polar surface area (TPSA) is 47.3 Å². The molecule has 104 valence electrons. The van der Waals surface area contributed by atoms with Gasteiger partial charge in [0.25, 0.3) is 0 Å². The Bertz CT molecular complexity index is 439. The van der Waals surface area contributed by atoms with Gasteiger partial charge in [0.1, 0.15) is 0 Å².